The number of halogens is 2. The van der Waals surface area contributed by atoms with Crippen molar-refractivity contribution in [2.45, 2.75) is 13.1 Å². The van der Waals surface area contributed by atoms with E-state index in [1.54, 1.807) is 23.3 Å². The summed E-state index contributed by atoms with van der Waals surface area (Å²) < 4.78 is 2.43. The molecule has 24 heavy (non-hydrogen) atoms. The lowest BCUT2D eigenvalue weighted by molar-refractivity contribution is 0.0950. The van der Waals surface area contributed by atoms with Crippen LogP contribution in [0.4, 0.5) is 0 Å². The molecule has 0 aliphatic rings. The molecule has 0 radical (unpaired) electrons. The highest BCUT2D eigenvalue weighted by atomic mass is 79.9. The summed E-state index contributed by atoms with van der Waals surface area (Å²) in [5.41, 5.74) is 2.39. The van der Waals surface area contributed by atoms with E-state index < -0.39 is 0 Å². The number of amides is 1. The first kappa shape index (κ1) is 16.6. The van der Waals surface area contributed by atoms with E-state index in [2.05, 4.69) is 36.3 Å². The number of nitrogens with one attached hydrogen (secondary N) is 1. The lowest BCUT2D eigenvalue weighted by Crippen LogP contribution is -2.24. The number of rotatable bonds is 5. The Balaban J connectivity index is 1.72. The molecule has 0 bridgehead atoms. The van der Waals surface area contributed by atoms with E-state index in [1.165, 1.54) is 6.33 Å². The van der Waals surface area contributed by atoms with Gasteiger partial charge in [0.1, 0.15) is 17.8 Å². The standard InChI is InChI=1S/C16H13BrClN5O/c17-13-5-14(15(18)20-7-13)16(24)21-6-11-3-1-2-4-12(11)8-23-10-19-9-22-23/h1-5,7,9-10H,6,8H2,(H,21,24). The van der Waals surface area contributed by atoms with Crippen LogP contribution in [0.1, 0.15) is 21.5 Å². The highest BCUT2D eigenvalue weighted by Crippen LogP contribution is 2.18. The topological polar surface area (TPSA) is 72.7 Å². The SMILES string of the molecule is O=C(NCc1ccccc1Cn1cncn1)c1cc(Br)cnc1Cl. The second kappa shape index (κ2) is 7.55. The van der Waals surface area contributed by atoms with Crippen LogP contribution >= 0.6 is 27.5 Å². The molecule has 0 spiro atoms. The van der Waals surface area contributed by atoms with Crippen LogP contribution in [0.15, 0.2) is 53.7 Å². The predicted molar refractivity (Wildman–Crippen MR) is 93.7 cm³/mol. The Morgan fingerprint density at radius 1 is 1.29 bits per heavy atom. The van der Waals surface area contributed by atoms with E-state index in [-0.39, 0.29) is 11.1 Å². The number of carbonyl (C=O) groups excluding carboxylic acids is 1. The number of nitrogens with zero attached hydrogens (tertiary/aromatic N) is 4. The highest BCUT2D eigenvalue weighted by Gasteiger charge is 2.12. The average molecular weight is 407 g/mol. The van der Waals surface area contributed by atoms with Gasteiger partial charge in [-0.3, -0.25) is 4.79 Å². The van der Waals surface area contributed by atoms with Crippen LogP contribution in [0.5, 0.6) is 0 Å². The van der Waals surface area contributed by atoms with Gasteiger partial charge in [-0.25, -0.2) is 14.6 Å². The van der Waals surface area contributed by atoms with Crippen molar-refractivity contribution in [3.05, 3.63) is 75.5 Å². The molecule has 2 aromatic heterocycles. The Labute approximate surface area is 152 Å². The van der Waals surface area contributed by atoms with Gasteiger partial charge < -0.3 is 5.32 Å². The third kappa shape index (κ3) is 3.98. The quantitative estimate of drug-likeness (QED) is 0.661. The minimum absolute atomic E-state index is 0.173. The second-order valence-corrected chi connectivity index (χ2v) is 6.31. The van der Waals surface area contributed by atoms with Crippen LogP contribution in [0, 0.1) is 0 Å². The maximum Gasteiger partial charge on any atom is 0.254 e. The van der Waals surface area contributed by atoms with Gasteiger partial charge in [0.05, 0.1) is 12.1 Å². The summed E-state index contributed by atoms with van der Waals surface area (Å²) in [7, 11) is 0. The molecule has 122 valence electrons. The molecule has 2 heterocycles. The molecule has 8 heteroatoms. The zero-order chi connectivity index (χ0) is 16.9. The largest absolute Gasteiger partial charge is 0.348 e. The van der Waals surface area contributed by atoms with Crippen molar-refractivity contribution in [2.75, 3.05) is 0 Å². The molecular weight excluding hydrogens is 394 g/mol. The Bertz CT molecular complexity index is 853. The first-order valence-corrected chi connectivity index (χ1v) is 8.29. The lowest BCUT2D eigenvalue weighted by Gasteiger charge is -2.11. The number of pyridine rings is 1. The van der Waals surface area contributed by atoms with Gasteiger partial charge in [-0.15, -0.1) is 0 Å². The van der Waals surface area contributed by atoms with Gasteiger partial charge in [-0.05, 0) is 33.1 Å². The molecule has 0 aliphatic heterocycles. The molecule has 3 aromatic rings. The van der Waals surface area contributed by atoms with E-state index in [0.29, 0.717) is 23.1 Å². The first-order valence-electron chi connectivity index (χ1n) is 7.12. The number of aromatic nitrogens is 4. The lowest BCUT2D eigenvalue weighted by atomic mass is 10.1. The molecule has 1 aromatic carbocycles. The fourth-order valence-corrected chi connectivity index (χ4v) is 2.75. The van der Waals surface area contributed by atoms with Gasteiger partial charge >= 0.3 is 0 Å². The number of benzene rings is 1. The van der Waals surface area contributed by atoms with Crippen LogP contribution in [0.2, 0.25) is 5.15 Å². The Morgan fingerprint density at radius 2 is 2.08 bits per heavy atom. The van der Waals surface area contributed by atoms with Crippen LogP contribution < -0.4 is 5.32 Å². The first-order chi connectivity index (χ1) is 11.6. The van der Waals surface area contributed by atoms with Crippen molar-refractivity contribution in [3.8, 4) is 0 Å². The van der Waals surface area contributed by atoms with Crippen molar-refractivity contribution in [3.63, 3.8) is 0 Å². The molecule has 1 N–H and O–H groups in total. The summed E-state index contributed by atoms with van der Waals surface area (Å²) in [5.74, 6) is -0.274. The molecule has 0 saturated heterocycles. The molecule has 1 amide bonds. The van der Waals surface area contributed by atoms with Gasteiger partial charge in [-0.2, -0.15) is 5.10 Å². The van der Waals surface area contributed by atoms with Gasteiger partial charge in [0, 0.05) is 17.2 Å². The number of hydrogen-bond acceptors (Lipinski definition) is 4. The van der Waals surface area contributed by atoms with Gasteiger partial charge in [-0.1, -0.05) is 35.9 Å². The fraction of sp³-hybridized carbons (Fsp3) is 0.125. The molecule has 3 rings (SSSR count). The summed E-state index contributed by atoms with van der Waals surface area (Å²) in [6, 6.07) is 9.49. The van der Waals surface area contributed by atoms with E-state index in [9.17, 15) is 4.79 Å². The Kier molecular flexibility index (Phi) is 5.22. The van der Waals surface area contributed by atoms with Crippen molar-refractivity contribution in [1.29, 1.82) is 0 Å². The van der Waals surface area contributed by atoms with E-state index in [4.69, 9.17) is 11.6 Å². The summed E-state index contributed by atoms with van der Waals surface area (Å²) >= 11 is 9.28. The summed E-state index contributed by atoms with van der Waals surface area (Å²) in [5, 5.41) is 7.15. The summed E-state index contributed by atoms with van der Waals surface area (Å²) in [6.07, 6.45) is 4.70. The summed E-state index contributed by atoms with van der Waals surface area (Å²) in [6.45, 7) is 0.970. The van der Waals surface area contributed by atoms with Crippen molar-refractivity contribution in [2.24, 2.45) is 0 Å². The van der Waals surface area contributed by atoms with Crippen molar-refractivity contribution < 1.29 is 4.79 Å². The molecule has 6 nitrogen and oxygen atoms in total. The zero-order valence-electron chi connectivity index (χ0n) is 12.5. The maximum absolute atomic E-state index is 12.3. The smallest absolute Gasteiger partial charge is 0.254 e. The Morgan fingerprint density at radius 3 is 2.83 bits per heavy atom. The zero-order valence-corrected chi connectivity index (χ0v) is 14.8. The van der Waals surface area contributed by atoms with Crippen LogP contribution in [0.25, 0.3) is 0 Å². The summed E-state index contributed by atoms with van der Waals surface area (Å²) in [4.78, 5) is 20.2. The normalized spacial score (nSPS) is 10.6. The number of carbonyl (C=O) groups is 1. The molecular formula is C16H13BrClN5O. The van der Waals surface area contributed by atoms with Crippen molar-refractivity contribution >= 4 is 33.4 Å². The molecule has 0 unspecified atom stereocenters. The predicted octanol–water partition coefficient (Wildman–Crippen LogP) is 3.07. The van der Waals surface area contributed by atoms with Crippen molar-refractivity contribution in [1.82, 2.24) is 25.1 Å². The third-order valence-corrected chi connectivity index (χ3v) is 4.14. The molecule has 0 aliphatic carbocycles. The van der Waals surface area contributed by atoms with Crippen LogP contribution in [-0.2, 0) is 13.1 Å². The van der Waals surface area contributed by atoms with E-state index in [1.807, 2.05) is 24.3 Å². The van der Waals surface area contributed by atoms with Gasteiger partial charge in [0.15, 0.2) is 0 Å². The maximum atomic E-state index is 12.3. The van der Waals surface area contributed by atoms with Gasteiger partial charge in [0.25, 0.3) is 5.91 Å². The average Bonchev–Trinajstić information content (AvgIpc) is 3.09. The molecule has 0 saturated carbocycles. The van der Waals surface area contributed by atoms with Crippen LogP contribution in [-0.4, -0.2) is 25.7 Å². The fourth-order valence-electron chi connectivity index (χ4n) is 2.23. The van der Waals surface area contributed by atoms with Crippen LogP contribution in [0.3, 0.4) is 0 Å². The van der Waals surface area contributed by atoms with E-state index >= 15 is 0 Å². The minimum Gasteiger partial charge on any atom is -0.348 e. The molecule has 0 atom stereocenters. The van der Waals surface area contributed by atoms with E-state index in [0.717, 1.165) is 11.1 Å². The van der Waals surface area contributed by atoms with Gasteiger partial charge in [0.2, 0.25) is 0 Å². The number of hydrogen-bond donors (Lipinski definition) is 1. The minimum atomic E-state index is -0.274. The second-order valence-electron chi connectivity index (χ2n) is 5.04. The Hall–Kier alpha value is -2.25. The monoisotopic (exact) mass is 405 g/mol. The molecule has 0 fully saturated rings. The third-order valence-electron chi connectivity index (χ3n) is 3.41. The highest BCUT2D eigenvalue weighted by molar-refractivity contribution is 9.10.